The molecule has 30 heavy (non-hydrogen) atoms. The van der Waals surface area contributed by atoms with Gasteiger partial charge in [-0.2, -0.15) is 0 Å². The molecular weight excluding hydrogens is 382 g/mol. The Bertz CT molecular complexity index is 753. The van der Waals surface area contributed by atoms with E-state index in [2.05, 4.69) is 25.8 Å². The Balaban J connectivity index is 1.82. The number of carbonyl (C=O) groups excluding carboxylic acids is 2. The van der Waals surface area contributed by atoms with Gasteiger partial charge in [0.25, 0.3) is 0 Å². The van der Waals surface area contributed by atoms with Crippen LogP contribution in [0.25, 0.3) is 0 Å². The highest BCUT2D eigenvalue weighted by Crippen LogP contribution is 2.13. The molecule has 1 aromatic rings. The zero-order chi connectivity index (χ0) is 22.3. The van der Waals surface area contributed by atoms with Crippen molar-refractivity contribution in [2.75, 3.05) is 25.5 Å². The summed E-state index contributed by atoms with van der Waals surface area (Å²) in [5, 5.41) is 9.18. The molecule has 0 aromatic heterocycles. The number of likely N-dealkylation sites (tertiary alicyclic amines) is 1. The number of rotatable bonds is 5. The molecule has 0 spiro atoms. The van der Waals surface area contributed by atoms with Gasteiger partial charge in [0.1, 0.15) is 5.60 Å². The number of guanidine groups is 1. The van der Waals surface area contributed by atoms with Crippen LogP contribution in [-0.2, 0) is 16.1 Å². The third-order valence-corrected chi connectivity index (χ3v) is 4.62. The van der Waals surface area contributed by atoms with Gasteiger partial charge in [-0.1, -0.05) is 26.0 Å². The minimum absolute atomic E-state index is 0.00450. The summed E-state index contributed by atoms with van der Waals surface area (Å²) in [7, 11) is 1.75. The van der Waals surface area contributed by atoms with Gasteiger partial charge >= 0.3 is 6.09 Å². The van der Waals surface area contributed by atoms with Crippen LogP contribution in [0.4, 0.5) is 10.5 Å². The number of hydrogen-bond acceptors (Lipinski definition) is 4. The van der Waals surface area contributed by atoms with Crippen molar-refractivity contribution in [3.63, 3.8) is 0 Å². The van der Waals surface area contributed by atoms with Crippen LogP contribution in [0.2, 0.25) is 0 Å². The van der Waals surface area contributed by atoms with E-state index in [4.69, 9.17) is 4.74 Å². The monoisotopic (exact) mass is 417 g/mol. The van der Waals surface area contributed by atoms with Crippen LogP contribution < -0.4 is 16.0 Å². The smallest absolute Gasteiger partial charge is 0.407 e. The van der Waals surface area contributed by atoms with E-state index >= 15 is 0 Å². The van der Waals surface area contributed by atoms with Gasteiger partial charge < -0.3 is 25.6 Å². The van der Waals surface area contributed by atoms with E-state index in [-0.39, 0.29) is 24.0 Å². The number of alkyl carbamates (subject to hydrolysis) is 1. The van der Waals surface area contributed by atoms with E-state index in [0.717, 1.165) is 30.2 Å². The lowest BCUT2D eigenvalue weighted by Gasteiger charge is -2.23. The number of nitrogens with zero attached hydrogens (tertiary/aromatic N) is 2. The zero-order valence-corrected chi connectivity index (χ0v) is 18.9. The van der Waals surface area contributed by atoms with Crippen LogP contribution in [0.1, 0.15) is 46.6 Å². The normalized spacial score (nSPS) is 17.1. The standard InChI is InChI=1S/C22H35N5O3/c1-15(2)19(28)25-17-9-7-16(8-10-17)13-24-20(23-6)27-12-11-18(14-27)26-21(29)30-22(3,4)5/h7-10,15,18H,11-14H2,1-6H3,(H,23,24)(H,25,28)(H,26,29). The van der Waals surface area contributed by atoms with Gasteiger partial charge in [-0.3, -0.25) is 9.79 Å². The highest BCUT2D eigenvalue weighted by atomic mass is 16.6. The van der Waals surface area contributed by atoms with Crippen molar-refractivity contribution in [3.8, 4) is 0 Å². The Morgan fingerprint density at radius 3 is 2.47 bits per heavy atom. The summed E-state index contributed by atoms with van der Waals surface area (Å²) >= 11 is 0. The molecule has 3 N–H and O–H groups in total. The molecular formula is C22H35N5O3. The van der Waals surface area contributed by atoms with Crippen LogP contribution >= 0.6 is 0 Å². The second kappa shape index (κ2) is 10.3. The summed E-state index contributed by atoms with van der Waals surface area (Å²) in [6.07, 6.45) is 0.450. The molecule has 8 nitrogen and oxygen atoms in total. The molecule has 1 fully saturated rings. The summed E-state index contributed by atoms with van der Waals surface area (Å²) in [6.45, 7) is 11.4. The van der Waals surface area contributed by atoms with Gasteiger partial charge in [0.15, 0.2) is 5.96 Å². The number of anilines is 1. The molecule has 2 rings (SSSR count). The molecule has 166 valence electrons. The van der Waals surface area contributed by atoms with Crippen LogP contribution in [0.5, 0.6) is 0 Å². The maximum Gasteiger partial charge on any atom is 0.407 e. The lowest BCUT2D eigenvalue weighted by atomic mass is 10.1. The first kappa shape index (κ1) is 23.5. The minimum Gasteiger partial charge on any atom is -0.444 e. The van der Waals surface area contributed by atoms with Crippen molar-refractivity contribution in [3.05, 3.63) is 29.8 Å². The molecule has 0 aliphatic carbocycles. The van der Waals surface area contributed by atoms with Crippen LogP contribution in [0.3, 0.4) is 0 Å². The Labute approximate surface area is 179 Å². The SMILES string of the molecule is CN=C(NCc1ccc(NC(=O)C(C)C)cc1)N1CCC(NC(=O)OC(C)(C)C)C1. The topological polar surface area (TPSA) is 95.1 Å². The average molecular weight is 418 g/mol. The predicted octanol–water partition coefficient (Wildman–Crippen LogP) is 2.96. The fraction of sp³-hybridized carbons (Fsp3) is 0.591. The molecule has 1 atom stereocenters. The van der Waals surface area contributed by atoms with Crippen LogP contribution in [0, 0.1) is 5.92 Å². The van der Waals surface area contributed by atoms with Gasteiger partial charge in [0, 0.05) is 38.3 Å². The van der Waals surface area contributed by atoms with Gasteiger partial charge in [0.05, 0.1) is 6.04 Å². The average Bonchev–Trinajstić information content (AvgIpc) is 3.10. The predicted molar refractivity (Wildman–Crippen MR) is 119 cm³/mol. The van der Waals surface area contributed by atoms with Crippen molar-refractivity contribution >= 4 is 23.6 Å². The van der Waals surface area contributed by atoms with Gasteiger partial charge in [-0.25, -0.2) is 4.79 Å². The molecule has 1 aliphatic heterocycles. The van der Waals surface area contributed by atoms with Crippen molar-refractivity contribution in [1.29, 1.82) is 0 Å². The first-order chi connectivity index (χ1) is 14.1. The summed E-state index contributed by atoms with van der Waals surface area (Å²) in [6, 6.07) is 7.79. The van der Waals surface area contributed by atoms with Gasteiger partial charge in [-0.15, -0.1) is 0 Å². The van der Waals surface area contributed by atoms with Crippen LogP contribution in [-0.4, -0.2) is 54.6 Å². The van der Waals surface area contributed by atoms with Crippen LogP contribution in [0.15, 0.2) is 29.3 Å². The second-order valence-corrected chi connectivity index (χ2v) is 8.82. The first-order valence-corrected chi connectivity index (χ1v) is 10.4. The number of amides is 2. The maximum absolute atomic E-state index is 12.0. The van der Waals surface area contributed by atoms with E-state index in [0.29, 0.717) is 13.1 Å². The fourth-order valence-electron chi connectivity index (χ4n) is 3.05. The Hall–Kier alpha value is -2.77. The molecule has 1 heterocycles. The van der Waals surface area contributed by atoms with Crippen molar-refractivity contribution in [1.82, 2.24) is 15.5 Å². The third-order valence-electron chi connectivity index (χ3n) is 4.62. The Morgan fingerprint density at radius 1 is 1.23 bits per heavy atom. The van der Waals surface area contributed by atoms with E-state index in [1.807, 2.05) is 58.9 Å². The van der Waals surface area contributed by atoms with E-state index in [1.54, 1.807) is 7.05 Å². The zero-order valence-electron chi connectivity index (χ0n) is 18.9. The van der Waals surface area contributed by atoms with Crippen molar-refractivity contribution in [2.24, 2.45) is 10.9 Å². The highest BCUT2D eigenvalue weighted by molar-refractivity contribution is 5.92. The highest BCUT2D eigenvalue weighted by Gasteiger charge is 2.27. The van der Waals surface area contributed by atoms with E-state index in [9.17, 15) is 9.59 Å². The minimum atomic E-state index is -0.507. The fourth-order valence-corrected chi connectivity index (χ4v) is 3.05. The first-order valence-electron chi connectivity index (χ1n) is 10.4. The van der Waals surface area contributed by atoms with Crippen molar-refractivity contribution < 1.29 is 14.3 Å². The largest absolute Gasteiger partial charge is 0.444 e. The molecule has 1 aromatic carbocycles. The molecule has 0 radical (unpaired) electrons. The molecule has 1 aliphatic rings. The molecule has 1 unspecified atom stereocenters. The lowest BCUT2D eigenvalue weighted by molar-refractivity contribution is -0.118. The number of ether oxygens (including phenoxy) is 1. The number of nitrogens with one attached hydrogen (secondary N) is 3. The summed E-state index contributed by atoms with van der Waals surface area (Å²) in [5.74, 6) is 0.745. The number of carbonyl (C=O) groups is 2. The maximum atomic E-state index is 12.0. The number of hydrogen-bond donors (Lipinski definition) is 3. The van der Waals surface area contributed by atoms with Gasteiger partial charge in [0.2, 0.25) is 5.91 Å². The van der Waals surface area contributed by atoms with E-state index < -0.39 is 5.60 Å². The Morgan fingerprint density at radius 2 is 1.90 bits per heavy atom. The lowest BCUT2D eigenvalue weighted by Crippen LogP contribution is -2.44. The molecule has 2 amide bonds. The third kappa shape index (κ3) is 7.57. The molecule has 8 heteroatoms. The molecule has 1 saturated heterocycles. The molecule has 0 saturated carbocycles. The van der Waals surface area contributed by atoms with Gasteiger partial charge in [-0.05, 0) is 44.9 Å². The van der Waals surface area contributed by atoms with E-state index in [1.165, 1.54) is 0 Å². The summed E-state index contributed by atoms with van der Waals surface area (Å²) < 4.78 is 5.33. The van der Waals surface area contributed by atoms with Crippen molar-refractivity contribution in [2.45, 2.75) is 59.2 Å². The number of benzene rings is 1. The number of aliphatic imine (C=N–C) groups is 1. The second-order valence-electron chi connectivity index (χ2n) is 8.82. The molecule has 0 bridgehead atoms. The summed E-state index contributed by atoms with van der Waals surface area (Å²) in [4.78, 5) is 30.2. The summed E-state index contributed by atoms with van der Waals surface area (Å²) in [5.41, 5.74) is 1.37. The quantitative estimate of drug-likeness (QED) is 0.506. The Kier molecular flexibility index (Phi) is 8.08.